The summed E-state index contributed by atoms with van der Waals surface area (Å²) in [4.78, 5) is 44.3. The van der Waals surface area contributed by atoms with Crippen molar-refractivity contribution in [3.63, 3.8) is 0 Å². The fraction of sp³-hybridized carbons (Fsp3) is 0.182. The monoisotopic (exact) mass is 315 g/mol. The first-order chi connectivity index (χ1) is 9.73. The Bertz CT molecular complexity index is 602. The number of nitro benzene ring substituents is 1. The van der Waals surface area contributed by atoms with Gasteiger partial charge < -0.3 is 15.7 Å². The molecular formula is C11H10ClN3O6. The lowest BCUT2D eigenvalue weighted by Gasteiger charge is -2.19. The Labute approximate surface area is 123 Å². The lowest BCUT2D eigenvalue weighted by atomic mass is 10.1. The number of amides is 2. The Balaban J connectivity index is 3.20. The van der Waals surface area contributed by atoms with Crippen LogP contribution in [0.2, 0.25) is 5.02 Å². The minimum absolute atomic E-state index is 0.284. The van der Waals surface area contributed by atoms with Gasteiger partial charge in [-0.3, -0.25) is 24.5 Å². The van der Waals surface area contributed by atoms with E-state index >= 15 is 0 Å². The normalized spacial score (nSPS) is 9.95. The number of nitrogens with two attached hydrogens (primary N) is 1. The number of aliphatic carboxylic acids is 1. The molecule has 0 aliphatic carbocycles. The predicted molar refractivity (Wildman–Crippen MR) is 70.8 cm³/mol. The molecule has 3 N–H and O–H groups in total. The number of hydrogen-bond donors (Lipinski definition) is 2. The molecule has 9 nitrogen and oxygen atoms in total. The van der Waals surface area contributed by atoms with E-state index in [0.29, 0.717) is 4.90 Å². The van der Waals surface area contributed by atoms with Gasteiger partial charge in [-0.15, -0.1) is 0 Å². The number of nitro groups is 1. The Hall–Kier alpha value is -2.68. The van der Waals surface area contributed by atoms with E-state index in [9.17, 15) is 24.5 Å². The highest BCUT2D eigenvalue weighted by molar-refractivity contribution is 6.35. The summed E-state index contributed by atoms with van der Waals surface area (Å²) in [6.07, 6.45) is 0. The van der Waals surface area contributed by atoms with Crippen LogP contribution in [0.1, 0.15) is 10.4 Å². The Morgan fingerprint density at radius 2 is 1.95 bits per heavy atom. The van der Waals surface area contributed by atoms with E-state index < -0.39 is 46.5 Å². The van der Waals surface area contributed by atoms with Crippen LogP contribution in [0, 0.1) is 10.1 Å². The maximum absolute atomic E-state index is 12.2. The lowest BCUT2D eigenvalue weighted by molar-refractivity contribution is -0.384. The molecule has 0 spiro atoms. The van der Waals surface area contributed by atoms with Gasteiger partial charge in [0.15, 0.2) is 0 Å². The molecule has 2 amide bonds. The molecule has 0 fully saturated rings. The van der Waals surface area contributed by atoms with E-state index in [1.54, 1.807) is 0 Å². The molecule has 0 atom stereocenters. The molecule has 10 heteroatoms. The summed E-state index contributed by atoms with van der Waals surface area (Å²) in [7, 11) is 0. The predicted octanol–water partition coefficient (Wildman–Crippen LogP) is 0.260. The van der Waals surface area contributed by atoms with Crippen LogP contribution >= 0.6 is 11.6 Å². The highest BCUT2D eigenvalue weighted by Gasteiger charge is 2.26. The van der Waals surface area contributed by atoms with Gasteiger partial charge in [-0.2, -0.15) is 0 Å². The van der Waals surface area contributed by atoms with Crippen LogP contribution in [-0.2, 0) is 9.59 Å². The van der Waals surface area contributed by atoms with Gasteiger partial charge in [0.25, 0.3) is 11.6 Å². The maximum Gasteiger partial charge on any atom is 0.323 e. The molecular weight excluding hydrogens is 306 g/mol. The molecule has 0 saturated carbocycles. The highest BCUT2D eigenvalue weighted by atomic mass is 35.5. The smallest absolute Gasteiger partial charge is 0.323 e. The number of carbonyl (C=O) groups excluding carboxylic acids is 2. The minimum Gasteiger partial charge on any atom is -0.480 e. The largest absolute Gasteiger partial charge is 0.480 e. The first kappa shape index (κ1) is 16.4. The topological polar surface area (TPSA) is 144 Å². The van der Waals surface area contributed by atoms with Crippen LogP contribution in [0.3, 0.4) is 0 Å². The molecule has 112 valence electrons. The van der Waals surface area contributed by atoms with Crippen molar-refractivity contribution in [3.05, 3.63) is 38.9 Å². The third kappa shape index (κ3) is 4.14. The molecule has 0 unspecified atom stereocenters. The standard InChI is InChI=1S/C11H10ClN3O6/c12-10-6(2-1-3-7(10)15(20)21)11(19)14(4-8(13)16)5-9(17)18/h1-3H,4-5H2,(H2,13,16)(H,17,18). The van der Waals surface area contributed by atoms with Gasteiger partial charge in [0, 0.05) is 6.07 Å². The fourth-order valence-corrected chi connectivity index (χ4v) is 1.82. The number of hydrogen-bond acceptors (Lipinski definition) is 5. The van der Waals surface area contributed by atoms with E-state index in [4.69, 9.17) is 22.4 Å². The van der Waals surface area contributed by atoms with Crippen LogP contribution in [0.5, 0.6) is 0 Å². The zero-order valence-corrected chi connectivity index (χ0v) is 11.2. The zero-order chi connectivity index (χ0) is 16.2. The summed E-state index contributed by atoms with van der Waals surface area (Å²) in [6, 6.07) is 3.50. The molecule has 1 aromatic carbocycles. The lowest BCUT2D eigenvalue weighted by Crippen LogP contribution is -2.41. The van der Waals surface area contributed by atoms with Crippen LogP contribution in [0.4, 0.5) is 5.69 Å². The Kier molecular flexibility index (Phi) is 5.19. The van der Waals surface area contributed by atoms with Crippen LogP contribution in [0.25, 0.3) is 0 Å². The number of carboxylic acids is 1. The van der Waals surface area contributed by atoms with Crippen molar-refractivity contribution in [3.8, 4) is 0 Å². The third-order valence-corrected chi connectivity index (χ3v) is 2.76. The second-order valence-electron chi connectivity index (χ2n) is 3.92. The maximum atomic E-state index is 12.2. The molecule has 21 heavy (non-hydrogen) atoms. The van der Waals surface area contributed by atoms with Gasteiger partial charge in [0.2, 0.25) is 5.91 Å². The number of carboxylic acid groups (broad SMARTS) is 1. The van der Waals surface area contributed by atoms with Gasteiger partial charge in [0.05, 0.1) is 10.5 Å². The van der Waals surface area contributed by atoms with Gasteiger partial charge >= 0.3 is 5.97 Å². The molecule has 0 radical (unpaired) electrons. The molecule has 1 aromatic rings. The van der Waals surface area contributed by atoms with Crippen molar-refractivity contribution in [1.29, 1.82) is 0 Å². The molecule has 0 bridgehead atoms. The molecule has 0 saturated heterocycles. The number of carbonyl (C=O) groups is 3. The van der Waals surface area contributed by atoms with Crippen LogP contribution in [0.15, 0.2) is 18.2 Å². The van der Waals surface area contributed by atoms with Crippen molar-refractivity contribution >= 4 is 35.1 Å². The van der Waals surface area contributed by atoms with Crippen molar-refractivity contribution < 1.29 is 24.4 Å². The van der Waals surface area contributed by atoms with Crippen LogP contribution in [-0.4, -0.2) is 45.8 Å². The van der Waals surface area contributed by atoms with Gasteiger partial charge in [0.1, 0.15) is 18.1 Å². The number of primary amides is 1. The van der Waals surface area contributed by atoms with Crippen LogP contribution < -0.4 is 5.73 Å². The molecule has 0 aromatic heterocycles. The first-order valence-corrected chi connectivity index (χ1v) is 5.84. The molecule has 0 heterocycles. The summed E-state index contributed by atoms with van der Waals surface area (Å²) in [6.45, 7) is -1.44. The highest BCUT2D eigenvalue weighted by Crippen LogP contribution is 2.28. The fourth-order valence-electron chi connectivity index (χ4n) is 1.55. The quantitative estimate of drug-likeness (QED) is 0.569. The average Bonchev–Trinajstić information content (AvgIpc) is 2.36. The summed E-state index contributed by atoms with van der Waals surface area (Å²) in [5.41, 5.74) is 4.15. The molecule has 1 rings (SSSR count). The Morgan fingerprint density at radius 1 is 1.33 bits per heavy atom. The van der Waals surface area contributed by atoms with Crippen molar-refractivity contribution in [1.82, 2.24) is 4.90 Å². The summed E-state index contributed by atoms with van der Waals surface area (Å²) < 4.78 is 0. The second kappa shape index (κ2) is 6.66. The van der Waals surface area contributed by atoms with E-state index in [0.717, 1.165) is 6.07 Å². The summed E-state index contributed by atoms with van der Waals surface area (Å²) >= 11 is 5.76. The summed E-state index contributed by atoms with van der Waals surface area (Å²) in [5.74, 6) is -3.23. The van der Waals surface area contributed by atoms with E-state index in [2.05, 4.69) is 0 Å². The zero-order valence-electron chi connectivity index (χ0n) is 10.5. The SMILES string of the molecule is NC(=O)CN(CC(=O)O)C(=O)c1cccc([N+](=O)[O-])c1Cl. The van der Waals surface area contributed by atoms with E-state index in [-0.39, 0.29) is 5.56 Å². The molecule has 0 aliphatic heterocycles. The number of rotatable bonds is 6. The van der Waals surface area contributed by atoms with E-state index in [1.165, 1.54) is 12.1 Å². The van der Waals surface area contributed by atoms with Crippen molar-refractivity contribution in [2.24, 2.45) is 5.73 Å². The van der Waals surface area contributed by atoms with Gasteiger partial charge in [-0.1, -0.05) is 17.7 Å². The number of nitrogens with zero attached hydrogens (tertiary/aromatic N) is 2. The number of halogens is 1. The molecule has 0 aliphatic rings. The van der Waals surface area contributed by atoms with Crippen molar-refractivity contribution in [2.75, 3.05) is 13.1 Å². The minimum atomic E-state index is -1.37. The third-order valence-electron chi connectivity index (χ3n) is 2.37. The number of benzene rings is 1. The Morgan fingerprint density at radius 3 is 2.43 bits per heavy atom. The van der Waals surface area contributed by atoms with E-state index in [1.807, 2.05) is 0 Å². The summed E-state index contributed by atoms with van der Waals surface area (Å²) in [5, 5.41) is 19.0. The first-order valence-electron chi connectivity index (χ1n) is 5.46. The second-order valence-corrected chi connectivity index (χ2v) is 4.30. The van der Waals surface area contributed by atoms with Gasteiger partial charge in [-0.05, 0) is 6.07 Å². The van der Waals surface area contributed by atoms with Gasteiger partial charge in [-0.25, -0.2) is 0 Å². The van der Waals surface area contributed by atoms with Crippen molar-refractivity contribution in [2.45, 2.75) is 0 Å². The average molecular weight is 316 g/mol.